The SMILES string of the molecule is CC(C)c1ccc(OCCNC(=O)c2ccc(C(=O)O)o2)cc1. The number of carbonyl (C=O) groups excluding carboxylic acids is 1. The minimum atomic E-state index is -1.21. The van der Waals surface area contributed by atoms with Crippen molar-refractivity contribution >= 4 is 11.9 Å². The van der Waals surface area contributed by atoms with Crippen molar-refractivity contribution in [3.63, 3.8) is 0 Å². The number of hydrogen-bond acceptors (Lipinski definition) is 4. The summed E-state index contributed by atoms with van der Waals surface area (Å²) in [6.07, 6.45) is 0. The second kappa shape index (κ2) is 7.49. The molecule has 1 amide bonds. The molecule has 23 heavy (non-hydrogen) atoms. The summed E-state index contributed by atoms with van der Waals surface area (Å²) in [5, 5.41) is 11.3. The Balaban J connectivity index is 1.76. The van der Waals surface area contributed by atoms with Gasteiger partial charge in [-0.3, -0.25) is 4.79 Å². The van der Waals surface area contributed by atoms with Crippen molar-refractivity contribution in [3.05, 3.63) is 53.5 Å². The number of nitrogens with one attached hydrogen (secondary N) is 1. The van der Waals surface area contributed by atoms with E-state index in [4.69, 9.17) is 14.3 Å². The van der Waals surface area contributed by atoms with Crippen LogP contribution in [0.25, 0.3) is 0 Å². The molecule has 0 saturated heterocycles. The van der Waals surface area contributed by atoms with E-state index in [9.17, 15) is 9.59 Å². The van der Waals surface area contributed by atoms with E-state index in [1.807, 2.05) is 24.3 Å². The molecule has 0 radical (unpaired) electrons. The number of amides is 1. The predicted molar refractivity (Wildman–Crippen MR) is 84.0 cm³/mol. The third kappa shape index (κ3) is 4.60. The Bertz CT molecular complexity index is 673. The van der Waals surface area contributed by atoms with E-state index >= 15 is 0 Å². The number of carboxylic acid groups (broad SMARTS) is 1. The number of rotatable bonds is 7. The van der Waals surface area contributed by atoms with Crippen LogP contribution in [-0.2, 0) is 0 Å². The molecule has 0 saturated carbocycles. The Morgan fingerprint density at radius 1 is 1.13 bits per heavy atom. The van der Waals surface area contributed by atoms with E-state index < -0.39 is 11.9 Å². The Morgan fingerprint density at radius 2 is 1.78 bits per heavy atom. The number of benzene rings is 1. The molecule has 6 heteroatoms. The average molecular weight is 317 g/mol. The average Bonchev–Trinajstić information content (AvgIpc) is 3.02. The van der Waals surface area contributed by atoms with Crippen molar-refractivity contribution in [1.29, 1.82) is 0 Å². The van der Waals surface area contributed by atoms with Crippen molar-refractivity contribution in [3.8, 4) is 5.75 Å². The molecule has 0 fully saturated rings. The van der Waals surface area contributed by atoms with Crippen LogP contribution in [0, 0.1) is 0 Å². The number of furan rings is 1. The molecule has 0 bridgehead atoms. The van der Waals surface area contributed by atoms with Crippen molar-refractivity contribution in [2.24, 2.45) is 0 Å². The van der Waals surface area contributed by atoms with Gasteiger partial charge in [-0.1, -0.05) is 26.0 Å². The molecule has 2 N–H and O–H groups in total. The van der Waals surface area contributed by atoms with E-state index in [0.29, 0.717) is 12.5 Å². The van der Waals surface area contributed by atoms with Gasteiger partial charge in [0.25, 0.3) is 5.91 Å². The Morgan fingerprint density at radius 3 is 2.35 bits per heavy atom. The third-order valence-electron chi connectivity index (χ3n) is 3.24. The van der Waals surface area contributed by atoms with Crippen LogP contribution < -0.4 is 10.1 Å². The molecular weight excluding hydrogens is 298 g/mol. The minimum Gasteiger partial charge on any atom is -0.492 e. The van der Waals surface area contributed by atoms with Gasteiger partial charge in [-0.05, 0) is 35.7 Å². The molecule has 0 aliphatic carbocycles. The summed E-state index contributed by atoms with van der Waals surface area (Å²) in [4.78, 5) is 22.4. The topological polar surface area (TPSA) is 88.8 Å². The fourth-order valence-electron chi connectivity index (χ4n) is 1.94. The van der Waals surface area contributed by atoms with Gasteiger partial charge < -0.3 is 19.6 Å². The van der Waals surface area contributed by atoms with Gasteiger partial charge in [-0.2, -0.15) is 0 Å². The van der Waals surface area contributed by atoms with Crippen molar-refractivity contribution < 1.29 is 23.8 Å². The first kappa shape index (κ1) is 16.6. The van der Waals surface area contributed by atoms with Gasteiger partial charge in [0.05, 0.1) is 6.54 Å². The van der Waals surface area contributed by atoms with Gasteiger partial charge >= 0.3 is 5.97 Å². The largest absolute Gasteiger partial charge is 0.492 e. The maximum Gasteiger partial charge on any atom is 0.371 e. The fraction of sp³-hybridized carbons (Fsp3) is 0.294. The van der Waals surface area contributed by atoms with Gasteiger partial charge in [-0.15, -0.1) is 0 Å². The van der Waals surface area contributed by atoms with Crippen LogP contribution in [0.3, 0.4) is 0 Å². The lowest BCUT2D eigenvalue weighted by Gasteiger charge is -2.09. The molecule has 0 aliphatic heterocycles. The highest BCUT2D eigenvalue weighted by molar-refractivity contribution is 5.93. The monoisotopic (exact) mass is 317 g/mol. The zero-order chi connectivity index (χ0) is 16.8. The normalized spacial score (nSPS) is 10.6. The molecule has 2 aromatic rings. The van der Waals surface area contributed by atoms with Crippen LogP contribution >= 0.6 is 0 Å². The number of hydrogen-bond donors (Lipinski definition) is 2. The van der Waals surface area contributed by atoms with Gasteiger partial charge in [0.15, 0.2) is 5.76 Å². The lowest BCUT2D eigenvalue weighted by atomic mass is 10.0. The maximum atomic E-state index is 11.8. The van der Waals surface area contributed by atoms with Crippen molar-refractivity contribution in [2.75, 3.05) is 13.2 Å². The quantitative estimate of drug-likeness (QED) is 0.767. The van der Waals surface area contributed by atoms with Gasteiger partial charge in [-0.25, -0.2) is 4.79 Å². The zero-order valence-corrected chi connectivity index (χ0v) is 13.0. The summed E-state index contributed by atoms with van der Waals surface area (Å²) < 4.78 is 10.4. The maximum absolute atomic E-state index is 11.8. The summed E-state index contributed by atoms with van der Waals surface area (Å²) in [6, 6.07) is 10.4. The summed E-state index contributed by atoms with van der Waals surface area (Å²) in [5.74, 6) is -0.795. The molecular formula is C17H19NO5. The summed E-state index contributed by atoms with van der Waals surface area (Å²) in [6.45, 7) is 4.83. The summed E-state index contributed by atoms with van der Waals surface area (Å²) >= 11 is 0. The second-order valence-corrected chi connectivity index (χ2v) is 5.30. The summed E-state index contributed by atoms with van der Waals surface area (Å²) in [7, 11) is 0. The van der Waals surface area contributed by atoms with Crippen LogP contribution in [0.5, 0.6) is 5.75 Å². The molecule has 0 unspecified atom stereocenters. The van der Waals surface area contributed by atoms with Gasteiger partial charge in [0.2, 0.25) is 5.76 Å². The molecule has 0 atom stereocenters. The molecule has 2 rings (SSSR count). The molecule has 1 aromatic carbocycles. The van der Waals surface area contributed by atoms with E-state index in [-0.39, 0.29) is 18.1 Å². The highest BCUT2D eigenvalue weighted by Crippen LogP contribution is 2.18. The highest BCUT2D eigenvalue weighted by Gasteiger charge is 2.14. The molecule has 1 aromatic heterocycles. The first-order chi connectivity index (χ1) is 11.0. The minimum absolute atomic E-state index is 0.0383. The van der Waals surface area contributed by atoms with Crippen LogP contribution in [0.15, 0.2) is 40.8 Å². The van der Waals surface area contributed by atoms with Gasteiger partial charge in [0.1, 0.15) is 12.4 Å². The molecule has 122 valence electrons. The lowest BCUT2D eigenvalue weighted by Crippen LogP contribution is -2.27. The number of aromatic carboxylic acids is 1. The Labute approximate surface area is 134 Å². The lowest BCUT2D eigenvalue weighted by molar-refractivity contribution is 0.0659. The number of carboxylic acids is 1. The van der Waals surface area contributed by atoms with Crippen LogP contribution in [0.4, 0.5) is 0 Å². The van der Waals surface area contributed by atoms with Crippen molar-refractivity contribution in [1.82, 2.24) is 5.32 Å². The van der Waals surface area contributed by atoms with Crippen LogP contribution in [-0.4, -0.2) is 30.1 Å². The summed E-state index contributed by atoms with van der Waals surface area (Å²) in [5.41, 5.74) is 1.23. The van der Waals surface area contributed by atoms with E-state index in [0.717, 1.165) is 5.75 Å². The smallest absolute Gasteiger partial charge is 0.371 e. The fourth-order valence-corrected chi connectivity index (χ4v) is 1.94. The Kier molecular flexibility index (Phi) is 5.41. The van der Waals surface area contributed by atoms with E-state index in [2.05, 4.69) is 19.2 Å². The predicted octanol–water partition coefficient (Wildman–Crippen LogP) is 2.91. The highest BCUT2D eigenvalue weighted by atomic mass is 16.5. The molecule has 0 aliphatic rings. The Hall–Kier alpha value is -2.76. The second-order valence-electron chi connectivity index (χ2n) is 5.30. The number of ether oxygens (including phenoxy) is 1. The van der Waals surface area contributed by atoms with E-state index in [1.165, 1.54) is 17.7 Å². The van der Waals surface area contributed by atoms with Crippen LogP contribution in [0.1, 0.15) is 46.4 Å². The van der Waals surface area contributed by atoms with Crippen molar-refractivity contribution in [2.45, 2.75) is 19.8 Å². The van der Waals surface area contributed by atoms with E-state index in [1.54, 1.807) is 0 Å². The zero-order valence-electron chi connectivity index (χ0n) is 13.0. The molecule has 0 spiro atoms. The van der Waals surface area contributed by atoms with Gasteiger partial charge in [0, 0.05) is 0 Å². The third-order valence-corrected chi connectivity index (χ3v) is 3.24. The standard InChI is InChI=1S/C17H19NO5/c1-11(2)12-3-5-13(6-4-12)22-10-9-18-16(19)14-7-8-15(23-14)17(20)21/h3-8,11H,9-10H2,1-2H3,(H,18,19)(H,20,21). The first-order valence-electron chi connectivity index (χ1n) is 7.31. The number of carbonyl (C=O) groups is 2. The molecule has 6 nitrogen and oxygen atoms in total. The first-order valence-corrected chi connectivity index (χ1v) is 7.31. The molecule has 1 heterocycles. The van der Waals surface area contributed by atoms with Crippen LogP contribution in [0.2, 0.25) is 0 Å².